The van der Waals surface area contributed by atoms with E-state index in [1.165, 1.54) is 12.7 Å². The van der Waals surface area contributed by atoms with E-state index < -0.39 is 0 Å². The number of hydrogen-bond acceptors (Lipinski definition) is 6. The van der Waals surface area contributed by atoms with E-state index >= 15 is 0 Å². The fourth-order valence-electron chi connectivity index (χ4n) is 3.68. The van der Waals surface area contributed by atoms with Gasteiger partial charge in [0.1, 0.15) is 6.61 Å². The van der Waals surface area contributed by atoms with Crippen LogP contribution >= 0.6 is 0 Å². The van der Waals surface area contributed by atoms with Crippen LogP contribution in [0.25, 0.3) is 11.0 Å². The Balaban J connectivity index is 1.55. The van der Waals surface area contributed by atoms with Crippen molar-refractivity contribution < 1.29 is 14.3 Å². The highest BCUT2D eigenvalue weighted by atomic mass is 16.5. The fraction of sp³-hybridized carbons (Fsp3) is 0.240. The van der Waals surface area contributed by atoms with Crippen LogP contribution in [0.2, 0.25) is 0 Å². The molecule has 0 saturated carbocycles. The van der Waals surface area contributed by atoms with Crippen LogP contribution in [0.15, 0.2) is 67.4 Å². The standard InChI is InChI=1S/C25H26N6O3/c1-34-16-23(32)30-22-14-19(25(33)28-9-7-20-15-26-10-11-27-20)13-21-24(22)31(17-29-21)12-8-18-5-3-2-4-6-18/h2-6,10-11,13-15,17H,7-9,12,16H2,1H3,(H,28,33)(H,30,32). The molecule has 4 aromatic rings. The monoisotopic (exact) mass is 458 g/mol. The summed E-state index contributed by atoms with van der Waals surface area (Å²) in [5.41, 5.74) is 4.31. The normalized spacial score (nSPS) is 10.9. The number of ether oxygens (including phenoxy) is 1. The van der Waals surface area contributed by atoms with Crippen molar-refractivity contribution in [2.75, 3.05) is 25.6 Å². The molecule has 0 aliphatic rings. The van der Waals surface area contributed by atoms with Crippen LogP contribution < -0.4 is 10.6 Å². The number of aromatic nitrogens is 4. The van der Waals surface area contributed by atoms with E-state index in [4.69, 9.17) is 4.74 Å². The number of nitrogens with one attached hydrogen (secondary N) is 2. The second kappa shape index (κ2) is 11.2. The maximum atomic E-state index is 12.8. The number of amides is 2. The van der Waals surface area contributed by atoms with Gasteiger partial charge in [-0.3, -0.25) is 19.6 Å². The van der Waals surface area contributed by atoms with Gasteiger partial charge in [0.2, 0.25) is 5.91 Å². The number of hydrogen-bond donors (Lipinski definition) is 2. The van der Waals surface area contributed by atoms with E-state index in [0.717, 1.165) is 17.6 Å². The highest BCUT2D eigenvalue weighted by molar-refractivity contribution is 6.05. The summed E-state index contributed by atoms with van der Waals surface area (Å²) in [5, 5.41) is 5.76. The first-order valence-corrected chi connectivity index (χ1v) is 11.0. The molecular formula is C25H26N6O3. The van der Waals surface area contributed by atoms with E-state index in [-0.39, 0.29) is 18.4 Å². The molecule has 2 aromatic heterocycles. The van der Waals surface area contributed by atoms with Gasteiger partial charge in [0.15, 0.2) is 0 Å². The fourth-order valence-corrected chi connectivity index (χ4v) is 3.68. The SMILES string of the molecule is COCC(=O)Nc1cc(C(=O)NCCc2cnccn2)cc2ncn(CCc3ccccc3)c12. The third kappa shape index (κ3) is 5.81. The molecule has 0 aliphatic carbocycles. The molecule has 9 heteroatoms. The Bertz CT molecular complexity index is 1260. The third-order valence-corrected chi connectivity index (χ3v) is 5.29. The summed E-state index contributed by atoms with van der Waals surface area (Å²) in [6.07, 6.45) is 8.00. The topological polar surface area (TPSA) is 111 Å². The minimum atomic E-state index is -0.306. The lowest BCUT2D eigenvalue weighted by molar-refractivity contribution is -0.119. The van der Waals surface area contributed by atoms with Gasteiger partial charge in [-0.1, -0.05) is 30.3 Å². The first kappa shape index (κ1) is 23.1. The first-order chi connectivity index (χ1) is 16.6. The number of aryl methyl sites for hydroxylation is 2. The number of fused-ring (bicyclic) bond motifs is 1. The van der Waals surface area contributed by atoms with Crippen LogP contribution in [-0.2, 0) is 28.9 Å². The van der Waals surface area contributed by atoms with Gasteiger partial charge >= 0.3 is 0 Å². The molecule has 34 heavy (non-hydrogen) atoms. The molecule has 4 rings (SSSR count). The zero-order valence-electron chi connectivity index (χ0n) is 18.9. The Kier molecular flexibility index (Phi) is 7.56. The van der Waals surface area contributed by atoms with Crippen molar-refractivity contribution >= 4 is 28.5 Å². The van der Waals surface area contributed by atoms with Gasteiger partial charge in [0.05, 0.1) is 28.7 Å². The zero-order chi connectivity index (χ0) is 23.8. The molecule has 0 fully saturated rings. The summed E-state index contributed by atoms with van der Waals surface area (Å²) in [5.74, 6) is -0.563. The quantitative estimate of drug-likeness (QED) is 0.378. The maximum Gasteiger partial charge on any atom is 0.251 e. The Morgan fingerprint density at radius 1 is 1.06 bits per heavy atom. The van der Waals surface area contributed by atoms with E-state index in [1.807, 2.05) is 22.8 Å². The van der Waals surface area contributed by atoms with Crippen LogP contribution in [0.3, 0.4) is 0 Å². The molecule has 2 aromatic carbocycles. The Morgan fingerprint density at radius 3 is 2.68 bits per heavy atom. The number of carbonyl (C=O) groups is 2. The smallest absolute Gasteiger partial charge is 0.251 e. The molecular weight excluding hydrogens is 432 g/mol. The molecule has 0 unspecified atom stereocenters. The van der Waals surface area contributed by atoms with E-state index in [0.29, 0.717) is 36.3 Å². The average molecular weight is 459 g/mol. The van der Waals surface area contributed by atoms with Crippen LogP contribution in [0.1, 0.15) is 21.6 Å². The number of imidazole rings is 1. The summed E-state index contributed by atoms with van der Waals surface area (Å²) in [6.45, 7) is 0.998. The molecule has 0 atom stereocenters. The lowest BCUT2D eigenvalue weighted by atomic mass is 10.1. The largest absolute Gasteiger partial charge is 0.375 e. The minimum Gasteiger partial charge on any atom is -0.375 e. The molecule has 0 spiro atoms. The van der Waals surface area contributed by atoms with Gasteiger partial charge < -0.3 is 19.9 Å². The molecule has 0 saturated heterocycles. The van der Waals surface area contributed by atoms with Gasteiger partial charge in [-0.25, -0.2) is 4.98 Å². The van der Waals surface area contributed by atoms with Crippen molar-refractivity contribution in [1.29, 1.82) is 0 Å². The first-order valence-electron chi connectivity index (χ1n) is 11.0. The van der Waals surface area contributed by atoms with Crippen LogP contribution in [0.5, 0.6) is 0 Å². The van der Waals surface area contributed by atoms with Gasteiger partial charge in [-0.2, -0.15) is 0 Å². The van der Waals surface area contributed by atoms with Gasteiger partial charge in [-0.15, -0.1) is 0 Å². The Morgan fingerprint density at radius 2 is 1.91 bits per heavy atom. The van der Waals surface area contributed by atoms with Crippen molar-refractivity contribution in [3.63, 3.8) is 0 Å². The highest BCUT2D eigenvalue weighted by Gasteiger charge is 2.16. The minimum absolute atomic E-state index is 0.0891. The van der Waals surface area contributed by atoms with E-state index in [1.54, 1.807) is 37.1 Å². The predicted octanol–water partition coefficient (Wildman–Crippen LogP) is 2.63. The number of carbonyl (C=O) groups excluding carboxylic acids is 2. The van der Waals surface area contributed by atoms with Crippen molar-refractivity contribution in [3.8, 4) is 0 Å². The number of methoxy groups -OCH3 is 1. The zero-order valence-corrected chi connectivity index (χ0v) is 18.9. The summed E-state index contributed by atoms with van der Waals surface area (Å²) in [7, 11) is 1.46. The van der Waals surface area contributed by atoms with Crippen LogP contribution in [0.4, 0.5) is 5.69 Å². The summed E-state index contributed by atoms with van der Waals surface area (Å²) >= 11 is 0. The van der Waals surface area contributed by atoms with Gasteiger partial charge in [-0.05, 0) is 24.1 Å². The van der Waals surface area contributed by atoms with Crippen LogP contribution in [0, 0.1) is 0 Å². The predicted molar refractivity (Wildman–Crippen MR) is 128 cm³/mol. The Labute approximate surface area is 197 Å². The Hall–Kier alpha value is -4.11. The number of benzene rings is 2. The maximum absolute atomic E-state index is 12.8. The molecule has 174 valence electrons. The molecule has 2 amide bonds. The molecule has 0 radical (unpaired) electrons. The van der Waals surface area contributed by atoms with Crippen molar-refractivity contribution in [1.82, 2.24) is 24.8 Å². The molecule has 0 aliphatic heterocycles. The summed E-state index contributed by atoms with van der Waals surface area (Å²) in [4.78, 5) is 37.9. The van der Waals surface area contributed by atoms with E-state index in [2.05, 4.69) is 37.7 Å². The lowest BCUT2D eigenvalue weighted by Crippen LogP contribution is -2.26. The number of anilines is 1. The van der Waals surface area contributed by atoms with Crippen LogP contribution in [-0.4, -0.2) is 51.6 Å². The second-order valence-electron chi connectivity index (χ2n) is 7.75. The number of nitrogens with zero attached hydrogens (tertiary/aromatic N) is 4. The van der Waals surface area contributed by atoms with Gasteiger partial charge in [0.25, 0.3) is 5.91 Å². The molecule has 2 N–H and O–H groups in total. The molecule has 9 nitrogen and oxygen atoms in total. The molecule has 0 bridgehead atoms. The average Bonchev–Trinajstić information content (AvgIpc) is 3.27. The van der Waals surface area contributed by atoms with Crippen molar-refractivity contribution in [2.45, 2.75) is 19.4 Å². The van der Waals surface area contributed by atoms with Crippen molar-refractivity contribution in [2.24, 2.45) is 0 Å². The third-order valence-electron chi connectivity index (χ3n) is 5.29. The number of rotatable bonds is 10. The van der Waals surface area contributed by atoms with Crippen molar-refractivity contribution in [3.05, 3.63) is 84.2 Å². The molecule has 2 heterocycles. The summed E-state index contributed by atoms with van der Waals surface area (Å²) < 4.78 is 6.94. The lowest BCUT2D eigenvalue weighted by Gasteiger charge is -2.12. The van der Waals surface area contributed by atoms with E-state index in [9.17, 15) is 9.59 Å². The summed E-state index contributed by atoms with van der Waals surface area (Å²) in [6, 6.07) is 13.6. The second-order valence-corrected chi connectivity index (χ2v) is 7.75. The highest BCUT2D eigenvalue weighted by Crippen LogP contribution is 2.26. The van der Waals surface area contributed by atoms with Gasteiger partial charge in [0, 0.05) is 50.8 Å².